The summed E-state index contributed by atoms with van der Waals surface area (Å²) in [5.41, 5.74) is 5.68. The molecule has 30 heavy (non-hydrogen) atoms. The van der Waals surface area contributed by atoms with E-state index in [0.717, 1.165) is 5.69 Å². The van der Waals surface area contributed by atoms with Crippen LogP contribution in [-0.4, -0.2) is 11.0 Å². The first-order chi connectivity index (χ1) is 14.5. The van der Waals surface area contributed by atoms with Crippen molar-refractivity contribution in [2.45, 2.75) is 6.92 Å². The van der Waals surface area contributed by atoms with Crippen LogP contribution < -0.4 is 16.3 Å². The molecule has 1 aromatic heterocycles. The minimum Gasteiger partial charge on any atom is -0.508 e. The van der Waals surface area contributed by atoms with E-state index in [1.807, 2.05) is 30.3 Å². The van der Waals surface area contributed by atoms with Crippen molar-refractivity contribution in [3.05, 3.63) is 94.5 Å². The van der Waals surface area contributed by atoms with E-state index >= 15 is 0 Å². The lowest BCUT2D eigenvalue weighted by molar-refractivity contribution is 0.102. The zero-order chi connectivity index (χ0) is 21.1. The van der Waals surface area contributed by atoms with Crippen LogP contribution in [-0.2, 0) is 0 Å². The van der Waals surface area contributed by atoms with E-state index in [0.29, 0.717) is 27.2 Å². The quantitative estimate of drug-likeness (QED) is 0.393. The zero-order valence-corrected chi connectivity index (χ0v) is 16.8. The molecule has 0 unspecified atom stereocenters. The minimum atomic E-state index is -0.433. The number of hydrogen-bond acceptors (Lipinski definition) is 5. The van der Waals surface area contributed by atoms with Crippen LogP contribution in [0.3, 0.4) is 0 Å². The molecule has 7 heteroatoms. The van der Waals surface area contributed by atoms with Crippen LogP contribution >= 0.6 is 11.6 Å². The lowest BCUT2D eigenvalue weighted by Gasteiger charge is -2.08. The van der Waals surface area contributed by atoms with Crippen molar-refractivity contribution >= 4 is 39.9 Å². The molecule has 3 aromatic carbocycles. The topological polar surface area (TPSA) is 86.9 Å². The van der Waals surface area contributed by atoms with Gasteiger partial charge in [0.2, 0.25) is 5.55 Å². The van der Waals surface area contributed by atoms with Gasteiger partial charge >= 0.3 is 0 Å². The molecule has 150 valence electrons. The summed E-state index contributed by atoms with van der Waals surface area (Å²) in [6, 6.07) is 21.0. The van der Waals surface area contributed by atoms with Crippen LogP contribution in [0.15, 0.2) is 82.3 Å². The lowest BCUT2D eigenvalue weighted by atomic mass is 10.1. The van der Waals surface area contributed by atoms with E-state index in [1.54, 1.807) is 43.3 Å². The minimum absolute atomic E-state index is 0.0958. The molecule has 0 spiro atoms. The Bertz CT molecular complexity index is 1300. The van der Waals surface area contributed by atoms with Gasteiger partial charge in [0.1, 0.15) is 16.9 Å². The van der Waals surface area contributed by atoms with Crippen LogP contribution in [0.5, 0.6) is 5.75 Å². The predicted molar refractivity (Wildman–Crippen MR) is 118 cm³/mol. The molecular weight excluding hydrogens is 402 g/mol. The molecule has 0 saturated carbocycles. The Morgan fingerprint density at radius 1 is 1.00 bits per heavy atom. The number of aromatic hydroxyl groups is 1. The van der Waals surface area contributed by atoms with Gasteiger partial charge < -0.3 is 14.8 Å². The average molecular weight is 420 g/mol. The number of fused-ring (bicyclic) bond motifs is 1. The molecule has 0 saturated heterocycles. The van der Waals surface area contributed by atoms with Crippen LogP contribution in [0.2, 0.25) is 5.02 Å². The number of phenolic OH excluding ortho intramolecular Hbond substituents is 1. The second-order valence-corrected chi connectivity index (χ2v) is 7.13. The first-order valence-corrected chi connectivity index (χ1v) is 9.56. The van der Waals surface area contributed by atoms with Crippen molar-refractivity contribution in [3.8, 4) is 5.75 Å². The highest BCUT2D eigenvalue weighted by Crippen LogP contribution is 2.22. The molecule has 0 aliphatic carbocycles. The van der Waals surface area contributed by atoms with Crippen LogP contribution in [0.25, 0.3) is 11.0 Å². The van der Waals surface area contributed by atoms with E-state index in [9.17, 15) is 9.90 Å². The van der Waals surface area contributed by atoms with E-state index in [1.165, 1.54) is 6.07 Å². The fourth-order valence-corrected chi connectivity index (χ4v) is 3.04. The van der Waals surface area contributed by atoms with Crippen molar-refractivity contribution in [1.29, 1.82) is 0 Å². The number of nitrogens with one attached hydrogen (secondary N) is 2. The summed E-state index contributed by atoms with van der Waals surface area (Å²) in [5, 5.41) is 18.1. The Morgan fingerprint density at radius 2 is 1.80 bits per heavy atom. The number of carbonyl (C=O) groups excluding carboxylic acids is 1. The number of rotatable bonds is 4. The average Bonchev–Trinajstić information content (AvgIpc) is 2.75. The third kappa shape index (κ3) is 4.29. The lowest BCUT2D eigenvalue weighted by Crippen LogP contribution is -2.22. The smallest absolute Gasteiger partial charge is 0.261 e. The summed E-state index contributed by atoms with van der Waals surface area (Å²) >= 11 is 6.09. The van der Waals surface area contributed by atoms with E-state index in [4.69, 9.17) is 16.0 Å². The maximum absolute atomic E-state index is 13.0. The van der Waals surface area contributed by atoms with Crippen LogP contribution in [0.1, 0.15) is 15.9 Å². The Hall–Kier alpha value is -3.77. The molecule has 0 bridgehead atoms. The number of phenols is 1. The van der Waals surface area contributed by atoms with Gasteiger partial charge in [0, 0.05) is 22.2 Å². The van der Waals surface area contributed by atoms with Gasteiger partial charge in [0.05, 0.1) is 5.69 Å². The summed E-state index contributed by atoms with van der Waals surface area (Å²) < 4.78 is 5.87. The van der Waals surface area contributed by atoms with Gasteiger partial charge in [-0.25, -0.2) is 0 Å². The van der Waals surface area contributed by atoms with Gasteiger partial charge in [-0.05, 0) is 55.0 Å². The van der Waals surface area contributed by atoms with Crippen molar-refractivity contribution in [2.75, 3.05) is 10.7 Å². The Balaban J connectivity index is 1.76. The van der Waals surface area contributed by atoms with Gasteiger partial charge in [-0.2, -0.15) is 0 Å². The fraction of sp³-hybridized carbons (Fsp3) is 0.0435. The summed E-state index contributed by atoms with van der Waals surface area (Å²) in [6.07, 6.45) is 0. The van der Waals surface area contributed by atoms with Gasteiger partial charge in [-0.3, -0.25) is 10.2 Å². The van der Waals surface area contributed by atoms with E-state index < -0.39 is 5.91 Å². The van der Waals surface area contributed by atoms with E-state index in [-0.39, 0.29) is 16.9 Å². The molecule has 0 fully saturated rings. The highest BCUT2D eigenvalue weighted by atomic mass is 35.5. The molecule has 1 heterocycles. The van der Waals surface area contributed by atoms with Gasteiger partial charge in [0.25, 0.3) is 5.91 Å². The summed E-state index contributed by atoms with van der Waals surface area (Å²) in [5.74, 6) is -0.337. The first-order valence-electron chi connectivity index (χ1n) is 9.19. The van der Waals surface area contributed by atoms with Crippen molar-refractivity contribution in [1.82, 2.24) is 0 Å². The van der Waals surface area contributed by atoms with Crippen molar-refractivity contribution in [2.24, 2.45) is 5.10 Å². The summed E-state index contributed by atoms with van der Waals surface area (Å²) in [6.45, 7) is 1.78. The van der Waals surface area contributed by atoms with Crippen LogP contribution in [0.4, 0.5) is 11.4 Å². The number of halogens is 1. The standard InChI is InChI=1S/C23H18ClN3O3/c1-14-7-9-18(13-20(14)28)25-22(29)19-12-15-11-16(24)8-10-21(15)30-23(19)27-26-17-5-3-2-4-6-17/h2-13,26,28H,1H3,(H,25,29)/b27-23+. The number of anilines is 2. The highest BCUT2D eigenvalue weighted by molar-refractivity contribution is 6.31. The number of hydrogen-bond donors (Lipinski definition) is 3. The van der Waals surface area contributed by atoms with Crippen molar-refractivity contribution < 1.29 is 14.3 Å². The number of nitrogens with zero attached hydrogens (tertiary/aromatic N) is 1. The maximum atomic E-state index is 13.0. The SMILES string of the molecule is Cc1ccc(NC(=O)c2cc3cc(Cl)ccc3o/c2=N/Nc2ccccc2)cc1O. The molecule has 1 amide bonds. The molecule has 0 aliphatic heterocycles. The number of carbonyl (C=O) groups is 1. The van der Waals surface area contributed by atoms with Gasteiger partial charge in [-0.1, -0.05) is 35.9 Å². The molecule has 4 rings (SSSR count). The van der Waals surface area contributed by atoms with E-state index in [2.05, 4.69) is 15.8 Å². The molecular formula is C23H18ClN3O3. The van der Waals surface area contributed by atoms with Crippen LogP contribution in [0, 0.1) is 6.92 Å². The van der Waals surface area contributed by atoms with Crippen molar-refractivity contribution in [3.63, 3.8) is 0 Å². The summed E-state index contributed by atoms with van der Waals surface area (Å²) in [4.78, 5) is 13.0. The summed E-state index contributed by atoms with van der Waals surface area (Å²) in [7, 11) is 0. The molecule has 0 radical (unpaired) electrons. The Kier molecular flexibility index (Phi) is 5.41. The molecule has 0 aliphatic rings. The second-order valence-electron chi connectivity index (χ2n) is 6.69. The molecule has 0 atom stereocenters. The largest absolute Gasteiger partial charge is 0.508 e. The number of para-hydroxylation sites is 1. The monoisotopic (exact) mass is 419 g/mol. The Labute approximate surface area is 177 Å². The van der Waals surface area contributed by atoms with Gasteiger partial charge in [0.15, 0.2) is 0 Å². The normalized spacial score (nSPS) is 11.5. The highest BCUT2D eigenvalue weighted by Gasteiger charge is 2.14. The third-order valence-corrected chi connectivity index (χ3v) is 4.72. The number of benzene rings is 3. The Morgan fingerprint density at radius 3 is 2.57 bits per heavy atom. The third-order valence-electron chi connectivity index (χ3n) is 4.48. The fourth-order valence-electron chi connectivity index (χ4n) is 2.86. The maximum Gasteiger partial charge on any atom is 0.261 e. The second kappa shape index (κ2) is 8.31. The van der Waals surface area contributed by atoms with Gasteiger partial charge in [-0.15, -0.1) is 5.10 Å². The first kappa shape index (κ1) is 19.5. The zero-order valence-electron chi connectivity index (χ0n) is 16.0. The number of amides is 1. The number of aryl methyl sites for hydroxylation is 1. The molecule has 3 N–H and O–H groups in total. The molecule has 6 nitrogen and oxygen atoms in total. The molecule has 4 aromatic rings. The predicted octanol–water partition coefficient (Wildman–Crippen LogP) is 5.28.